The summed E-state index contributed by atoms with van der Waals surface area (Å²) in [5.41, 5.74) is 2.64. The summed E-state index contributed by atoms with van der Waals surface area (Å²) in [5, 5.41) is 0.484. The van der Waals surface area contributed by atoms with Crippen LogP contribution >= 0.6 is 0 Å². The van der Waals surface area contributed by atoms with Crippen molar-refractivity contribution in [1.82, 2.24) is 4.90 Å². The highest BCUT2D eigenvalue weighted by Crippen LogP contribution is 2.39. The molecule has 2 heterocycles. The minimum atomic E-state index is -0.526. The lowest BCUT2D eigenvalue weighted by Crippen LogP contribution is -2.31. The predicted octanol–water partition coefficient (Wildman–Crippen LogP) is 5.37. The number of benzene rings is 3. The van der Waals surface area contributed by atoms with Crippen LogP contribution in [-0.4, -0.2) is 24.0 Å². The van der Waals surface area contributed by atoms with Crippen LogP contribution < -0.4 is 10.2 Å². The number of amides is 1. The number of carbonyl (C=O) groups is 1. The van der Waals surface area contributed by atoms with Crippen LogP contribution in [-0.2, 0) is 6.42 Å². The number of nitrogens with zero attached hydrogens (tertiary/aromatic N) is 1. The van der Waals surface area contributed by atoms with Crippen molar-refractivity contribution in [3.05, 3.63) is 112 Å². The molecule has 0 saturated heterocycles. The fraction of sp³-hybridized carbons (Fsp3) is 0.214. The molecular formula is C28H25NO4. The first-order chi connectivity index (χ1) is 16.2. The van der Waals surface area contributed by atoms with Crippen LogP contribution in [0.5, 0.6) is 5.75 Å². The Labute approximate surface area is 192 Å². The van der Waals surface area contributed by atoms with Crippen molar-refractivity contribution in [2.24, 2.45) is 0 Å². The molecule has 5 nitrogen and oxygen atoms in total. The summed E-state index contributed by atoms with van der Waals surface area (Å²) < 4.78 is 11.8. The summed E-state index contributed by atoms with van der Waals surface area (Å²) in [6, 6.07) is 24.2. The van der Waals surface area contributed by atoms with Crippen molar-refractivity contribution in [2.75, 3.05) is 13.2 Å². The highest BCUT2D eigenvalue weighted by molar-refractivity contribution is 5.99. The molecule has 166 valence electrons. The molecule has 0 spiro atoms. The maximum atomic E-state index is 13.6. The van der Waals surface area contributed by atoms with E-state index in [1.807, 2.05) is 60.7 Å². The fourth-order valence-electron chi connectivity index (χ4n) is 4.43. The molecule has 3 aromatic carbocycles. The minimum Gasteiger partial charge on any atom is -0.494 e. The molecule has 4 aromatic rings. The molecule has 0 radical (unpaired) electrons. The molecule has 0 aliphatic carbocycles. The van der Waals surface area contributed by atoms with Crippen molar-refractivity contribution in [1.29, 1.82) is 0 Å². The topological polar surface area (TPSA) is 59.8 Å². The molecule has 0 unspecified atom stereocenters. The zero-order valence-corrected chi connectivity index (χ0v) is 18.5. The number of ether oxygens (including phenoxy) is 1. The molecule has 1 atom stereocenters. The van der Waals surface area contributed by atoms with Crippen molar-refractivity contribution in [3.8, 4) is 5.75 Å². The van der Waals surface area contributed by atoms with Gasteiger partial charge < -0.3 is 14.1 Å². The van der Waals surface area contributed by atoms with E-state index in [0.717, 1.165) is 23.3 Å². The van der Waals surface area contributed by atoms with E-state index in [1.54, 1.807) is 23.1 Å². The highest BCUT2D eigenvalue weighted by atomic mass is 16.5. The number of hydrogen-bond acceptors (Lipinski definition) is 4. The number of carbonyl (C=O) groups excluding carboxylic acids is 1. The van der Waals surface area contributed by atoms with Gasteiger partial charge in [0.1, 0.15) is 11.3 Å². The first-order valence-corrected chi connectivity index (χ1v) is 11.3. The lowest BCUT2D eigenvalue weighted by atomic mass is 9.98. The quantitative estimate of drug-likeness (QED) is 0.388. The maximum absolute atomic E-state index is 13.6. The summed E-state index contributed by atoms with van der Waals surface area (Å²) in [7, 11) is 0. The second-order valence-corrected chi connectivity index (χ2v) is 8.23. The maximum Gasteiger partial charge on any atom is 0.290 e. The molecule has 1 aromatic heterocycles. The Morgan fingerprint density at radius 3 is 2.55 bits per heavy atom. The Bertz CT molecular complexity index is 1360. The largest absolute Gasteiger partial charge is 0.494 e. The van der Waals surface area contributed by atoms with Crippen LogP contribution in [0.3, 0.4) is 0 Å². The average Bonchev–Trinajstić information content (AvgIpc) is 3.14. The van der Waals surface area contributed by atoms with E-state index in [9.17, 15) is 9.59 Å². The first kappa shape index (κ1) is 21.0. The molecular weight excluding hydrogens is 414 g/mol. The van der Waals surface area contributed by atoms with E-state index in [1.165, 1.54) is 0 Å². The Hall–Kier alpha value is -3.86. The molecule has 1 aliphatic rings. The van der Waals surface area contributed by atoms with Gasteiger partial charge in [-0.1, -0.05) is 61.5 Å². The van der Waals surface area contributed by atoms with Gasteiger partial charge in [-0.05, 0) is 48.2 Å². The zero-order chi connectivity index (χ0) is 22.8. The van der Waals surface area contributed by atoms with E-state index >= 15 is 0 Å². The number of fused-ring (bicyclic) bond motifs is 2. The summed E-state index contributed by atoms with van der Waals surface area (Å²) in [4.78, 5) is 28.8. The van der Waals surface area contributed by atoms with Gasteiger partial charge in [0.2, 0.25) is 5.76 Å². The van der Waals surface area contributed by atoms with Crippen LogP contribution in [0, 0.1) is 0 Å². The summed E-state index contributed by atoms with van der Waals surface area (Å²) in [6.45, 7) is 3.12. The Morgan fingerprint density at radius 1 is 0.939 bits per heavy atom. The van der Waals surface area contributed by atoms with Crippen LogP contribution in [0.25, 0.3) is 11.0 Å². The van der Waals surface area contributed by atoms with E-state index in [4.69, 9.17) is 9.15 Å². The van der Waals surface area contributed by atoms with Gasteiger partial charge >= 0.3 is 0 Å². The fourth-order valence-corrected chi connectivity index (χ4v) is 4.43. The molecule has 5 rings (SSSR count). The Kier molecular flexibility index (Phi) is 5.69. The lowest BCUT2D eigenvalue weighted by molar-refractivity contribution is 0.0730. The predicted molar refractivity (Wildman–Crippen MR) is 128 cm³/mol. The normalized spacial score (nSPS) is 15.1. The minimum absolute atomic E-state index is 0.136. The van der Waals surface area contributed by atoms with Gasteiger partial charge in [0.05, 0.1) is 23.6 Å². The van der Waals surface area contributed by atoms with Gasteiger partial charge in [-0.2, -0.15) is 0 Å². The second kappa shape index (κ2) is 8.94. The number of rotatable bonds is 7. The average molecular weight is 440 g/mol. The van der Waals surface area contributed by atoms with Crippen molar-refractivity contribution < 1.29 is 13.9 Å². The molecule has 1 amide bonds. The standard InChI is InChI=1S/C28H25NO4/c1-2-17-32-21-12-8-11-20(18-21)25-24-26(30)22-13-6-7-14-23(22)33-27(24)28(31)29(25)16-15-19-9-4-3-5-10-19/h3-14,18,25H,2,15-17H2,1H3/t25-/m0/s1. The third-order valence-electron chi connectivity index (χ3n) is 6.00. The summed E-state index contributed by atoms with van der Waals surface area (Å²) in [6.07, 6.45) is 1.57. The second-order valence-electron chi connectivity index (χ2n) is 8.23. The third-order valence-corrected chi connectivity index (χ3v) is 6.00. The van der Waals surface area contributed by atoms with Crippen LogP contribution in [0.1, 0.15) is 46.6 Å². The monoisotopic (exact) mass is 439 g/mol. The molecule has 1 aliphatic heterocycles. The van der Waals surface area contributed by atoms with Crippen molar-refractivity contribution in [2.45, 2.75) is 25.8 Å². The first-order valence-electron chi connectivity index (χ1n) is 11.3. The van der Waals surface area contributed by atoms with Gasteiger partial charge in [0, 0.05) is 6.54 Å². The number of para-hydroxylation sites is 1. The lowest BCUT2D eigenvalue weighted by Gasteiger charge is -2.25. The van der Waals surface area contributed by atoms with E-state index in [-0.39, 0.29) is 17.1 Å². The van der Waals surface area contributed by atoms with E-state index in [0.29, 0.717) is 36.1 Å². The zero-order valence-electron chi connectivity index (χ0n) is 18.5. The highest BCUT2D eigenvalue weighted by Gasteiger charge is 2.42. The van der Waals surface area contributed by atoms with Gasteiger partial charge in [0.15, 0.2) is 5.43 Å². The van der Waals surface area contributed by atoms with Crippen LogP contribution in [0.15, 0.2) is 88.1 Å². The van der Waals surface area contributed by atoms with Gasteiger partial charge in [0.25, 0.3) is 5.91 Å². The van der Waals surface area contributed by atoms with Gasteiger partial charge in [-0.15, -0.1) is 0 Å². The van der Waals surface area contributed by atoms with E-state index < -0.39 is 6.04 Å². The SMILES string of the molecule is CCCOc1cccc([C@H]2c3c(oc4ccccc4c3=O)C(=O)N2CCc2ccccc2)c1. The van der Waals surface area contributed by atoms with Crippen molar-refractivity contribution in [3.63, 3.8) is 0 Å². The molecule has 0 fully saturated rings. The third kappa shape index (κ3) is 3.91. The smallest absolute Gasteiger partial charge is 0.290 e. The van der Waals surface area contributed by atoms with Gasteiger partial charge in [-0.25, -0.2) is 0 Å². The summed E-state index contributed by atoms with van der Waals surface area (Å²) >= 11 is 0. The van der Waals surface area contributed by atoms with Crippen LogP contribution in [0.4, 0.5) is 0 Å². The van der Waals surface area contributed by atoms with Crippen molar-refractivity contribution >= 4 is 16.9 Å². The molecule has 0 N–H and O–H groups in total. The molecule has 0 saturated carbocycles. The summed E-state index contributed by atoms with van der Waals surface area (Å²) in [5.74, 6) is 0.605. The Balaban J connectivity index is 1.62. The van der Waals surface area contributed by atoms with E-state index in [2.05, 4.69) is 6.92 Å². The van der Waals surface area contributed by atoms with Crippen LogP contribution in [0.2, 0.25) is 0 Å². The van der Waals surface area contributed by atoms with Gasteiger partial charge in [-0.3, -0.25) is 9.59 Å². The molecule has 5 heteroatoms. The molecule has 0 bridgehead atoms. The Morgan fingerprint density at radius 2 is 1.73 bits per heavy atom. The number of hydrogen-bond donors (Lipinski definition) is 0. The molecule has 33 heavy (non-hydrogen) atoms.